The van der Waals surface area contributed by atoms with Crippen molar-refractivity contribution in [3.8, 4) is 0 Å². The van der Waals surface area contributed by atoms with Crippen LogP contribution in [-0.2, 0) is 6.54 Å². The molecular weight excluding hydrogens is 332 g/mol. The average Bonchev–Trinajstić information content (AvgIpc) is 2.62. The summed E-state index contributed by atoms with van der Waals surface area (Å²) in [7, 11) is 0. The molecule has 1 N–H and O–H groups in total. The summed E-state index contributed by atoms with van der Waals surface area (Å²) in [5.41, 5.74) is 3.46. The van der Waals surface area contributed by atoms with E-state index in [0.29, 0.717) is 12.5 Å². The Kier molecular flexibility index (Phi) is 5.51. The quantitative estimate of drug-likeness (QED) is 0.661. The van der Waals surface area contributed by atoms with Gasteiger partial charge < -0.3 is 10.2 Å². The summed E-state index contributed by atoms with van der Waals surface area (Å²) in [5.74, 6) is 1.49. The normalized spacial score (nSPS) is 10.5. The molecule has 0 radical (unpaired) electrons. The van der Waals surface area contributed by atoms with E-state index in [1.165, 1.54) is 5.56 Å². The van der Waals surface area contributed by atoms with Crippen LogP contribution in [0.5, 0.6) is 0 Å². The van der Waals surface area contributed by atoms with Crippen molar-refractivity contribution in [3.63, 3.8) is 0 Å². The van der Waals surface area contributed by atoms with Crippen molar-refractivity contribution in [3.05, 3.63) is 76.9 Å². The van der Waals surface area contributed by atoms with E-state index in [1.54, 1.807) is 6.20 Å². The monoisotopic (exact) mass is 352 g/mol. The maximum Gasteiger partial charge on any atom is 0.231 e. The van der Waals surface area contributed by atoms with Gasteiger partial charge in [0.25, 0.3) is 0 Å². The molecular formula is C20H21ClN4. The van der Waals surface area contributed by atoms with Crippen molar-refractivity contribution in [2.75, 3.05) is 16.8 Å². The maximum absolute atomic E-state index is 5.92. The molecule has 128 valence electrons. The number of hydrogen-bond donors (Lipinski definition) is 1. The van der Waals surface area contributed by atoms with Gasteiger partial charge in [-0.1, -0.05) is 35.9 Å². The number of hydrogen-bond acceptors (Lipinski definition) is 4. The molecule has 1 aromatic heterocycles. The highest BCUT2D eigenvalue weighted by Crippen LogP contribution is 2.23. The van der Waals surface area contributed by atoms with Crippen molar-refractivity contribution < 1.29 is 0 Å². The minimum absolute atomic E-state index is 0.685. The molecule has 25 heavy (non-hydrogen) atoms. The fourth-order valence-electron chi connectivity index (χ4n) is 2.61. The molecule has 0 saturated heterocycles. The molecule has 3 rings (SSSR count). The minimum atomic E-state index is 0.685. The largest absolute Gasteiger partial charge is 0.366 e. The molecule has 1 heterocycles. The first-order valence-corrected chi connectivity index (χ1v) is 8.69. The second-order valence-electron chi connectivity index (χ2n) is 5.81. The second kappa shape index (κ2) is 7.99. The summed E-state index contributed by atoms with van der Waals surface area (Å²) in [5, 5.41) is 4.08. The van der Waals surface area contributed by atoms with Crippen LogP contribution in [-0.4, -0.2) is 16.5 Å². The molecule has 3 aromatic rings. The predicted octanol–water partition coefficient (Wildman–Crippen LogP) is 5.21. The van der Waals surface area contributed by atoms with E-state index in [0.717, 1.165) is 28.6 Å². The van der Waals surface area contributed by atoms with E-state index in [4.69, 9.17) is 11.6 Å². The summed E-state index contributed by atoms with van der Waals surface area (Å²) < 4.78 is 0. The molecule has 0 spiro atoms. The van der Waals surface area contributed by atoms with E-state index < -0.39 is 0 Å². The van der Waals surface area contributed by atoms with Crippen LogP contribution in [0, 0.1) is 6.92 Å². The van der Waals surface area contributed by atoms with Crippen LogP contribution < -0.4 is 10.2 Å². The number of halogens is 1. The molecule has 0 bridgehead atoms. The lowest BCUT2D eigenvalue weighted by atomic mass is 10.2. The zero-order valence-electron chi connectivity index (χ0n) is 14.4. The molecule has 0 unspecified atom stereocenters. The Morgan fingerprint density at radius 3 is 2.60 bits per heavy atom. The molecule has 5 heteroatoms. The lowest BCUT2D eigenvalue weighted by Crippen LogP contribution is -2.19. The average molecular weight is 353 g/mol. The van der Waals surface area contributed by atoms with Gasteiger partial charge in [0.05, 0.1) is 0 Å². The van der Waals surface area contributed by atoms with Gasteiger partial charge in [0.1, 0.15) is 5.82 Å². The van der Waals surface area contributed by atoms with Crippen molar-refractivity contribution in [2.24, 2.45) is 0 Å². The topological polar surface area (TPSA) is 41.1 Å². The number of rotatable bonds is 6. The maximum atomic E-state index is 5.92. The van der Waals surface area contributed by atoms with Crippen LogP contribution in [0.4, 0.5) is 17.5 Å². The highest BCUT2D eigenvalue weighted by molar-refractivity contribution is 6.30. The van der Waals surface area contributed by atoms with Crippen LogP contribution in [0.1, 0.15) is 18.1 Å². The number of anilines is 3. The SMILES string of the molecule is CCN(c1cccc(C)c1)c1nccc(NCc2ccc(Cl)cc2)n1. The van der Waals surface area contributed by atoms with Crippen molar-refractivity contribution in [2.45, 2.75) is 20.4 Å². The number of nitrogens with zero attached hydrogens (tertiary/aromatic N) is 3. The van der Waals surface area contributed by atoms with Gasteiger partial charge in [-0.25, -0.2) is 4.98 Å². The fourth-order valence-corrected chi connectivity index (χ4v) is 2.73. The highest BCUT2D eigenvalue weighted by Gasteiger charge is 2.11. The van der Waals surface area contributed by atoms with Crippen molar-refractivity contribution in [1.82, 2.24) is 9.97 Å². The van der Waals surface area contributed by atoms with E-state index >= 15 is 0 Å². The van der Waals surface area contributed by atoms with Gasteiger partial charge >= 0.3 is 0 Å². The summed E-state index contributed by atoms with van der Waals surface area (Å²) in [6.45, 7) is 5.66. The van der Waals surface area contributed by atoms with E-state index in [-0.39, 0.29) is 0 Å². The third-order valence-electron chi connectivity index (χ3n) is 3.90. The molecule has 2 aromatic carbocycles. The lowest BCUT2D eigenvalue weighted by Gasteiger charge is -2.21. The molecule has 0 fully saturated rings. The minimum Gasteiger partial charge on any atom is -0.366 e. The van der Waals surface area contributed by atoms with E-state index in [2.05, 4.69) is 58.3 Å². The first kappa shape index (κ1) is 17.2. The standard InChI is InChI=1S/C20H21ClN4/c1-3-25(18-6-4-5-15(2)13-18)20-22-12-11-19(24-20)23-14-16-7-9-17(21)10-8-16/h4-13H,3,14H2,1-2H3,(H,22,23,24). The third kappa shape index (κ3) is 4.48. The Labute approximate surface area is 153 Å². The summed E-state index contributed by atoms with van der Waals surface area (Å²) in [4.78, 5) is 11.2. The molecule has 0 amide bonds. The number of aryl methyl sites for hydroxylation is 1. The number of aromatic nitrogens is 2. The van der Waals surface area contributed by atoms with Gasteiger partial charge in [-0.05, 0) is 55.3 Å². The highest BCUT2D eigenvalue weighted by atomic mass is 35.5. The van der Waals surface area contributed by atoms with Crippen LogP contribution in [0.2, 0.25) is 5.02 Å². The molecule has 0 aliphatic rings. The Balaban J connectivity index is 1.76. The zero-order valence-corrected chi connectivity index (χ0v) is 15.2. The smallest absolute Gasteiger partial charge is 0.231 e. The first-order valence-electron chi connectivity index (χ1n) is 8.31. The molecule has 0 aliphatic carbocycles. The molecule has 0 aliphatic heterocycles. The van der Waals surface area contributed by atoms with Gasteiger partial charge in [0.2, 0.25) is 5.95 Å². The Bertz CT molecular complexity index is 833. The number of nitrogens with one attached hydrogen (secondary N) is 1. The van der Waals surface area contributed by atoms with Crippen LogP contribution in [0.15, 0.2) is 60.8 Å². The van der Waals surface area contributed by atoms with E-state index in [1.807, 2.05) is 30.3 Å². The first-order chi connectivity index (χ1) is 12.2. The van der Waals surface area contributed by atoms with Gasteiger partial charge in [0, 0.05) is 30.0 Å². The summed E-state index contributed by atoms with van der Waals surface area (Å²) in [6, 6.07) is 18.0. The van der Waals surface area contributed by atoms with E-state index in [9.17, 15) is 0 Å². The second-order valence-corrected chi connectivity index (χ2v) is 6.24. The van der Waals surface area contributed by atoms with Crippen molar-refractivity contribution >= 4 is 29.1 Å². The summed E-state index contributed by atoms with van der Waals surface area (Å²) >= 11 is 5.92. The third-order valence-corrected chi connectivity index (χ3v) is 4.15. The van der Waals surface area contributed by atoms with Gasteiger partial charge in [-0.2, -0.15) is 4.98 Å². The lowest BCUT2D eigenvalue weighted by molar-refractivity contribution is 0.941. The summed E-state index contributed by atoms with van der Waals surface area (Å²) in [6.07, 6.45) is 1.78. The molecule has 4 nitrogen and oxygen atoms in total. The van der Waals surface area contributed by atoms with Gasteiger partial charge in [-0.15, -0.1) is 0 Å². The fraction of sp³-hybridized carbons (Fsp3) is 0.200. The van der Waals surface area contributed by atoms with Gasteiger partial charge in [-0.3, -0.25) is 0 Å². The molecule has 0 saturated carbocycles. The Morgan fingerprint density at radius 2 is 1.88 bits per heavy atom. The van der Waals surface area contributed by atoms with Crippen LogP contribution in [0.3, 0.4) is 0 Å². The number of benzene rings is 2. The zero-order chi connectivity index (χ0) is 17.6. The Morgan fingerprint density at radius 1 is 1.08 bits per heavy atom. The van der Waals surface area contributed by atoms with Crippen LogP contribution >= 0.6 is 11.6 Å². The van der Waals surface area contributed by atoms with Crippen LogP contribution in [0.25, 0.3) is 0 Å². The van der Waals surface area contributed by atoms with Gasteiger partial charge in [0.15, 0.2) is 0 Å². The predicted molar refractivity (Wildman–Crippen MR) is 105 cm³/mol. The van der Waals surface area contributed by atoms with Crippen molar-refractivity contribution in [1.29, 1.82) is 0 Å². The Hall–Kier alpha value is -2.59. The molecule has 0 atom stereocenters.